The van der Waals surface area contributed by atoms with E-state index < -0.39 is 0 Å². The van der Waals surface area contributed by atoms with E-state index in [1.165, 1.54) is 19.3 Å². The van der Waals surface area contributed by atoms with E-state index in [0.717, 1.165) is 17.7 Å². The molecule has 2 rings (SSSR count). The first kappa shape index (κ1) is 13.8. The van der Waals surface area contributed by atoms with Gasteiger partial charge >= 0.3 is 0 Å². The van der Waals surface area contributed by atoms with E-state index in [1.54, 1.807) is 12.1 Å². The van der Waals surface area contributed by atoms with Crippen LogP contribution in [0.15, 0.2) is 18.2 Å². The Labute approximate surface area is 114 Å². The van der Waals surface area contributed by atoms with E-state index in [9.17, 15) is 10.1 Å². The maximum atomic E-state index is 10.9. The molecule has 19 heavy (non-hydrogen) atoms. The van der Waals surface area contributed by atoms with Crippen LogP contribution >= 0.6 is 0 Å². The predicted molar refractivity (Wildman–Crippen MR) is 77.5 cm³/mol. The summed E-state index contributed by atoms with van der Waals surface area (Å²) < 4.78 is 0. The molecule has 1 aliphatic carbocycles. The molecule has 0 heterocycles. The molecule has 104 valence electrons. The Kier molecular flexibility index (Phi) is 3.78. The van der Waals surface area contributed by atoms with Crippen LogP contribution in [-0.4, -0.2) is 11.0 Å². The molecule has 1 saturated carbocycles. The quantitative estimate of drug-likeness (QED) is 0.653. The van der Waals surface area contributed by atoms with Gasteiger partial charge in [-0.25, -0.2) is 0 Å². The predicted octanol–water partition coefficient (Wildman–Crippen LogP) is 4.28. The molecular formula is C15H22N2O2. The van der Waals surface area contributed by atoms with Gasteiger partial charge in [-0.2, -0.15) is 0 Å². The van der Waals surface area contributed by atoms with Crippen molar-refractivity contribution in [3.05, 3.63) is 33.9 Å². The molecule has 1 aliphatic rings. The van der Waals surface area contributed by atoms with E-state index >= 15 is 0 Å². The fourth-order valence-electron chi connectivity index (χ4n) is 2.91. The minimum Gasteiger partial charge on any atom is -0.382 e. The summed E-state index contributed by atoms with van der Waals surface area (Å²) in [5.74, 6) is 0. The summed E-state index contributed by atoms with van der Waals surface area (Å²) in [5, 5.41) is 14.4. The van der Waals surface area contributed by atoms with Gasteiger partial charge in [0.05, 0.1) is 4.92 Å². The zero-order chi connectivity index (χ0) is 14.0. The Morgan fingerprint density at radius 1 is 1.32 bits per heavy atom. The molecule has 1 fully saturated rings. The summed E-state index contributed by atoms with van der Waals surface area (Å²) >= 11 is 0. The maximum Gasteiger partial charge on any atom is 0.271 e. The Morgan fingerprint density at radius 3 is 2.68 bits per heavy atom. The van der Waals surface area contributed by atoms with Crippen molar-refractivity contribution < 1.29 is 4.92 Å². The second kappa shape index (κ2) is 5.19. The van der Waals surface area contributed by atoms with E-state index in [2.05, 4.69) is 19.2 Å². The average molecular weight is 262 g/mol. The van der Waals surface area contributed by atoms with Crippen molar-refractivity contribution in [2.45, 2.75) is 52.5 Å². The number of aryl methyl sites for hydroxylation is 1. The summed E-state index contributed by atoms with van der Waals surface area (Å²) in [5.41, 5.74) is 2.20. The highest BCUT2D eigenvalue weighted by molar-refractivity contribution is 5.54. The number of nitro groups is 1. The standard InChI is InChI=1S/C15H22N2O2/c1-11-8-12(10-13(9-11)17(18)19)16-14-6-4-5-7-15(14,2)3/h8-10,14,16H,4-7H2,1-3H3. The molecule has 1 N–H and O–H groups in total. The van der Waals surface area contributed by atoms with Crippen LogP contribution in [0.4, 0.5) is 11.4 Å². The van der Waals surface area contributed by atoms with Gasteiger partial charge in [-0.05, 0) is 36.8 Å². The van der Waals surface area contributed by atoms with Crippen molar-refractivity contribution in [3.63, 3.8) is 0 Å². The van der Waals surface area contributed by atoms with Crippen LogP contribution in [0, 0.1) is 22.5 Å². The first-order valence-electron chi connectivity index (χ1n) is 6.91. The van der Waals surface area contributed by atoms with Crippen molar-refractivity contribution in [2.24, 2.45) is 5.41 Å². The topological polar surface area (TPSA) is 55.2 Å². The third kappa shape index (κ3) is 3.25. The minimum absolute atomic E-state index is 0.163. The van der Waals surface area contributed by atoms with Gasteiger partial charge in [-0.3, -0.25) is 10.1 Å². The van der Waals surface area contributed by atoms with Crippen LogP contribution in [0.2, 0.25) is 0 Å². The summed E-state index contributed by atoms with van der Waals surface area (Å²) in [4.78, 5) is 10.6. The Bertz CT molecular complexity index is 483. The molecule has 1 aromatic carbocycles. The first-order valence-corrected chi connectivity index (χ1v) is 6.91. The molecule has 1 unspecified atom stereocenters. The van der Waals surface area contributed by atoms with Crippen molar-refractivity contribution in [1.29, 1.82) is 0 Å². The average Bonchev–Trinajstić information content (AvgIpc) is 2.31. The van der Waals surface area contributed by atoms with E-state index in [-0.39, 0.29) is 16.0 Å². The van der Waals surface area contributed by atoms with Crippen molar-refractivity contribution in [3.8, 4) is 0 Å². The fourth-order valence-corrected chi connectivity index (χ4v) is 2.91. The third-order valence-electron chi connectivity index (χ3n) is 4.12. The number of rotatable bonds is 3. The van der Waals surface area contributed by atoms with Crippen LogP contribution < -0.4 is 5.32 Å². The maximum absolute atomic E-state index is 10.9. The van der Waals surface area contributed by atoms with Gasteiger partial charge < -0.3 is 5.32 Å². The molecule has 0 spiro atoms. The molecule has 4 heteroatoms. The largest absolute Gasteiger partial charge is 0.382 e. The SMILES string of the molecule is Cc1cc(NC2CCCCC2(C)C)cc([N+](=O)[O-])c1. The van der Waals surface area contributed by atoms with E-state index in [4.69, 9.17) is 0 Å². The zero-order valence-electron chi connectivity index (χ0n) is 11.9. The second-order valence-corrected chi connectivity index (χ2v) is 6.25. The molecule has 4 nitrogen and oxygen atoms in total. The van der Waals surface area contributed by atoms with Crippen molar-refractivity contribution in [1.82, 2.24) is 0 Å². The Morgan fingerprint density at radius 2 is 2.05 bits per heavy atom. The van der Waals surface area contributed by atoms with Crippen LogP contribution in [0.3, 0.4) is 0 Å². The minimum atomic E-state index is -0.329. The zero-order valence-corrected chi connectivity index (χ0v) is 11.9. The number of nitro benzene ring substituents is 1. The summed E-state index contributed by atoms with van der Waals surface area (Å²) in [6, 6.07) is 5.62. The number of non-ortho nitro benzene ring substituents is 1. The highest BCUT2D eigenvalue weighted by Gasteiger charge is 2.32. The normalized spacial score (nSPS) is 21.9. The van der Waals surface area contributed by atoms with Gasteiger partial charge in [-0.1, -0.05) is 26.7 Å². The lowest BCUT2D eigenvalue weighted by atomic mass is 9.73. The molecule has 0 amide bonds. The first-order chi connectivity index (χ1) is 8.88. The highest BCUT2D eigenvalue weighted by Crippen LogP contribution is 2.37. The van der Waals surface area contributed by atoms with Crippen LogP contribution in [0.1, 0.15) is 45.1 Å². The molecule has 1 atom stereocenters. The number of nitrogens with zero attached hydrogens (tertiary/aromatic N) is 1. The van der Waals surface area contributed by atoms with Gasteiger partial charge in [0.2, 0.25) is 0 Å². The number of hydrogen-bond donors (Lipinski definition) is 1. The van der Waals surface area contributed by atoms with Crippen LogP contribution in [0.5, 0.6) is 0 Å². The van der Waals surface area contributed by atoms with Gasteiger partial charge in [0, 0.05) is 23.9 Å². The van der Waals surface area contributed by atoms with Gasteiger partial charge in [-0.15, -0.1) is 0 Å². The molecule has 0 radical (unpaired) electrons. The summed E-state index contributed by atoms with van der Waals surface area (Å²) in [6.07, 6.45) is 4.85. The smallest absolute Gasteiger partial charge is 0.271 e. The van der Waals surface area contributed by atoms with Gasteiger partial charge in [0.25, 0.3) is 5.69 Å². The van der Waals surface area contributed by atoms with E-state index in [1.807, 2.05) is 13.0 Å². The van der Waals surface area contributed by atoms with Crippen molar-refractivity contribution >= 4 is 11.4 Å². The summed E-state index contributed by atoms with van der Waals surface area (Å²) in [7, 11) is 0. The van der Waals surface area contributed by atoms with Gasteiger partial charge in [0.15, 0.2) is 0 Å². The molecular weight excluding hydrogens is 240 g/mol. The monoisotopic (exact) mass is 262 g/mol. The molecule has 0 aromatic heterocycles. The Hall–Kier alpha value is -1.58. The molecule has 1 aromatic rings. The molecule has 0 saturated heterocycles. The van der Waals surface area contributed by atoms with E-state index in [0.29, 0.717) is 6.04 Å². The second-order valence-electron chi connectivity index (χ2n) is 6.25. The van der Waals surface area contributed by atoms with Crippen LogP contribution in [0.25, 0.3) is 0 Å². The fraction of sp³-hybridized carbons (Fsp3) is 0.600. The van der Waals surface area contributed by atoms with Crippen LogP contribution in [-0.2, 0) is 0 Å². The summed E-state index contributed by atoms with van der Waals surface area (Å²) in [6.45, 7) is 6.44. The lowest BCUT2D eigenvalue weighted by molar-refractivity contribution is -0.384. The molecule has 0 bridgehead atoms. The Balaban J connectivity index is 2.20. The van der Waals surface area contributed by atoms with Gasteiger partial charge in [0.1, 0.15) is 0 Å². The lowest BCUT2D eigenvalue weighted by Gasteiger charge is -2.39. The number of benzene rings is 1. The van der Waals surface area contributed by atoms with Crippen molar-refractivity contribution in [2.75, 3.05) is 5.32 Å². The number of hydrogen-bond acceptors (Lipinski definition) is 3. The molecule has 0 aliphatic heterocycles. The number of anilines is 1. The highest BCUT2D eigenvalue weighted by atomic mass is 16.6. The number of nitrogens with one attached hydrogen (secondary N) is 1. The third-order valence-corrected chi connectivity index (χ3v) is 4.12. The lowest BCUT2D eigenvalue weighted by Crippen LogP contribution is -2.38.